The lowest BCUT2D eigenvalue weighted by Crippen LogP contribution is -2.36. The molecule has 0 spiro atoms. The molecule has 0 atom stereocenters. The number of hydrogen-bond acceptors (Lipinski definition) is 4. The molecule has 3 aromatic rings. The van der Waals surface area contributed by atoms with Crippen LogP contribution in [-0.2, 0) is 26.2 Å². The zero-order valence-electron chi connectivity index (χ0n) is 15.2. The molecule has 1 aliphatic heterocycles. The highest BCUT2D eigenvalue weighted by Crippen LogP contribution is 2.37. The van der Waals surface area contributed by atoms with E-state index in [1.165, 1.54) is 23.4 Å². The summed E-state index contributed by atoms with van der Waals surface area (Å²) in [6.07, 6.45) is 0.686. The summed E-state index contributed by atoms with van der Waals surface area (Å²) < 4.78 is 41.0. The summed E-state index contributed by atoms with van der Waals surface area (Å²) in [5.74, 6) is -0.554. The molecule has 0 N–H and O–H groups in total. The molecule has 2 aromatic heterocycles. The summed E-state index contributed by atoms with van der Waals surface area (Å²) in [4.78, 5) is 22.4. The van der Waals surface area contributed by atoms with Crippen molar-refractivity contribution in [3.05, 3.63) is 64.3 Å². The molecule has 10 heteroatoms. The molecule has 4 rings (SSSR count). The first kappa shape index (κ1) is 19.4. The van der Waals surface area contributed by atoms with Crippen molar-refractivity contribution in [3.63, 3.8) is 0 Å². The summed E-state index contributed by atoms with van der Waals surface area (Å²) in [6, 6.07) is 3.35. The van der Waals surface area contributed by atoms with Crippen LogP contribution in [0.4, 0.5) is 13.2 Å². The molecule has 0 radical (unpaired) electrons. The zero-order chi connectivity index (χ0) is 20.8. The van der Waals surface area contributed by atoms with Gasteiger partial charge in [-0.1, -0.05) is 17.7 Å². The molecule has 0 unspecified atom stereocenters. The van der Waals surface area contributed by atoms with Crippen molar-refractivity contribution in [1.29, 1.82) is 0 Å². The predicted octanol–water partition coefficient (Wildman–Crippen LogP) is 3.75. The van der Waals surface area contributed by atoms with Crippen molar-refractivity contribution in [2.45, 2.75) is 19.1 Å². The van der Waals surface area contributed by atoms with Gasteiger partial charge in [0.2, 0.25) is 0 Å². The smallest absolute Gasteiger partial charge is 0.332 e. The molecule has 0 fully saturated rings. The topological polar surface area (TPSA) is 63.9 Å². The molecule has 3 heterocycles. The first-order valence-electron chi connectivity index (χ1n) is 8.72. The van der Waals surface area contributed by atoms with Crippen LogP contribution in [-0.4, -0.2) is 37.1 Å². The van der Waals surface area contributed by atoms with E-state index in [9.17, 15) is 18.0 Å². The fourth-order valence-electron chi connectivity index (χ4n) is 3.56. The van der Waals surface area contributed by atoms with Crippen LogP contribution in [0.15, 0.2) is 36.9 Å². The summed E-state index contributed by atoms with van der Waals surface area (Å²) in [7, 11) is 1.79. The first-order valence-corrected chi connectivity index (χ1v) is 9.10. The van der Waals surface area contributed by atoms with Crippen molar-refractivity contribution in [1.82, 2.24) is 24.6 Å². The van der Waals surface area contributed by atoms with Gasteiger partial charge in [-0.25, -0.2) is 9.97 Å². The number of rotatable bonds is 2. The molecular formula is C19H15ClF3N5O. The number of amides is 1. The summed E-state index contributed by atoms with van der Waals surface area (Å²) in [5, 5.41) is 3.90. The number of fused-ring (bicyclic) bond motifs is 1. The molecule has 0 bridgehead atoms. The van der Waals surface area contributed by atoms with Crippen LogP contribution in [0.3, 0.4) is 0 Å². The van der Waals surface area contributed by atoms with Crippen molar-refractivity contribution in [3.8, 4) is 11.3 Å². The molecule has 0 saturated carbocycles. The lowest BCUT2D eigenvalue weighted by atomic mass is 10.0. The SMILES string of the molecule is Cn1nc2c(c1-c1cncnc1)CCN(C(=O)c1cccc(C(F)(F)F)c1Cl)C2. The van der Waals surface area contributed by atoms with E-state index in [0.717, 1.165) is 22.9 Å². The molecule has 1 aromatic carbocycles. The van der Waals surface area contributed by atoms with Crippen LogP contribution in [0.2, 0.25) is 5.02 Å². The molecule has 1 amide bonds. The Labute approximate surface area is 168 Å². The van der Waals surface area contributed by atoms with Gasteiger partial charge in [-0.15, -0.1) is 0 Å². The third-order valence-electron chi connectivity index (χ3n) is 4.86. The number of benzene rings is 1. The number of aryl methyl sites for hydroxylation is 1. The lowest BCUT2D eigenvalue weighted by molar-refractivity contribution is -0.137. The van der Waals surface area contributed by atoms with Gasteiger partial charge in [-0.3, -0.25) is 9.48 Å². The van der Waals surface area contributed by atoms with Crippen LogP contribution in [0.1, 0.15) is 27.2 Å². The monoisotopic (exact) mass is 421 g/mol. The number of aromatic nitrogens is 4. The van der Waals surface area contributed by atoms with Gasteiger partial charge in [0.25, 0.3) is 5.91 Å². The number of halogens is 4. The Balaban J connectivity index is 1.64. The Kier molecular flexibility index (Phi) is 4.77. The zero-order valence-corrected chi connectivity index (χ0v) is 16.0. The van der Waals surface area contributed by atoms with E-state index in [0.29, 0.717) is 18.7 Å². The quantitative estimate of drug-likeness (QED) is 0.632. The van der Waals surface area contributed by atoms with Gasteiger partial charge >= 0.3 is 6.18 Å². The Morgan fingerprint density at radius 2 is 1.93 bits per heavy atom. The largest absolute Gasteiger partial charge is 0.417 e. The van der Waals surface area contributed by atoms with Crippen LogP contribution in [0.25, 0.3) is 11.3 Å². The van der Waals surface area contributed by atoms with E-state index >= 15 is 0 Å². The van der Waals surface area contributed by atoms with E-state index in [1.807, 2.05) is 0 Å². The van der Waals surface area contributed by atoms with E-state index in [-0.39, 0.29) is 12.1 Å². The minimum Gasteiger partial charge on any atom is -0.332 e. The number of hydrogen-bond donors (Lipinski definition) is 0. The number of carbonyl (C=O) groups is 1. The average Bonchev–Trinajstić information content (AvgIpc) is 3.02. The summed E-state index contributed by atoms with van der Waals surface area (Å²) >= 11 is 5.92. The molecule has 0 aliphatic carbocycles. The maximum atomic E-state index is 13.1. The highest BCUT2D eigenvalue weighted by molar-refractivity contribution is 6.34. The third-order valence-corrected chi connectivity index (χ3v) is 5.26. The molecule has 29 heavy (non-hydrogen) atoms. The number of nitrogens with zero attached hydrogens (tertiary/aromatic N) is 5. The second-order valence-electron chi connectivity index (χ2n) is 6.67. The lowest BCUT2D eigenvalue weighted by Gasteiger charge is -2.27. The minimum atomic E-state index is -4.63. The van der Waals surface area contributed by atoms with Gasteiger partial charge in [-0.05, 0) is 18.6 Å². The molecule has 150 valence electrons. The number of carbonyl (C=O) groups excluding carboxylic acids is 1. The Hall–Kier alpha value is -2.94. The van der Waals surface area contributed by atoms with Crippen LogP contribution in [0, 0.1) is 0 Å². The van der Waals surface area contributed by atoms with E-state index in [4.69, 9.17) is 11.6 Å². The second kappa shape index (κ2) is 7.14. The first-order chi connectivity index (χ1) is 13.8. The van der Waals surface area contributed by atoms with E-state index in [2.05, 4.69) is 15.1 Å². The van der Waals surface area contributed by atoms with Gasteiger partial charge in [0.15, 0.2) is 0 Å². The van der Waals surface area contributed by atoms with E-state index < -0.39 is 22.7 Å². The van der Waals surface area contributed by atoms with E-state index in [1.54, 1.807) is 24.1 Å². The second-order valence-corrected chi connectivity index (χ2v) is 7.04. The van der Waals surface area contributed by atoms with Crippen molar-refractivity contribution < 1.29 is 18.0 Å². The fraction of sp³-hybridized carbons (Fsp3) is 0.263. The highest BCUT2D eigenvalue weighted by atomic mass is 35.5. The Morgan fingerprint density at radius 1 is 1.21 bits per heavy atom. The van der Waals surface area contributed by atoms with Crippen molar-refractivity contribution in [2.24, 2.45) is 7.05 Å². The van der Waals surface area contributed by atoms with Crippen molar-refractivity contribution >= 4 is 17.5 Å². The standard InChI is InChI=1S/C19H15ClF3N5O/c1-27-17(11-7-24-10-25-8-11)12-5-6-28(9-15(12)26-27)18(29)13-3-2-4-14(16(13)20)19(21,22)23/h2-4,7-8,10H,5-6,9H2,1H3. The predicted molar refractivity (Wildman–Crippen MR) is 99.1 cm³/mol. The molecule has 0 saturated heterocycles. The Bertz CT molecular complexity index is 1080. The Morgan fingerprint density at radius 3 is 2.62 bits per heavy atom. The number of alkyl halides is 3. The molecular weight excluding hydrogens is 407 g/mol. The van der Waals surface area contributed by atoms with Gasteiger partial charge < -0.3 is 4.90 Å². The fourth-order valence-corrected chi connectivity index (χ4v) is 3.88. The van der Waals surface area contributed by atoms with Gasteiger partial charge in [0, 0.05) is 37.1 Å². The maximum Gasteiger partial charge on any atom is 0.417 e. The van der Waals surface area contributed by atoms with Crippen molar-refractivity contribution in [2.75, 3.05) is 6.54 Å². The average molecular weight is 422 g/mol. The normalized spacial score (nSPS) is 14.0. The highest BCUT2D eigenvalue weighted by Gasteiger charge is 2.36. The van der Waals surface area contributed by atoms with Crippen LogP contribution >= 0.6 is 11.6 Å². The molecule has 6 nitrogen and oxygen atoms in total. The molecule has 1 aliphatic rings. The van der Waals surface area contributed by atoms with Gasteiger partial charge in [0.1, 0.15) is 6.33 Å². The van der Waals surface area contributed by atoms with Crippen LogP contribution in [0.5, 0.6) is 0 Å². The van der Waals surface area contributed by atoms with Crippen LogP contribution < -0.4 is 0 Å². The summed E-state index contributed by atoms with van der Waals surface area (Å²) in [5.41, 5.74) is 2.15. The minimum absolute atomic E-state index is 0.169. The van der Waals surface area contributed by atoms with Gasteiger partial charge in [0.05, 0.1) is 34.1 Å². The maximum absolute atomic E-state index is 13.1. The summed E-state index contributed by atoms with van der Waals surface area (Å²) in [6.45, 7) is 0.521. The third kappa shape index (κ3) is 3.46. The van der Waals surface area contributed by atoms with Gasteiger partial charge in [-0.2, -0.15) is 18.3 Å².